The van der Waals surface area contributed by atoms with E-state index in [0.717, 1.165) is 0 Å². The Morgan fingerprint density at radius 2 is 2.00 bits per heavy atom. The van der Waals surface area contributed by atoms with Gasteiger partial charge in [0.1, 0.15) is 10.6 Å². The Bertz CT molecular complexity index is 717. The van der Waals surface area contributed by atoms with Crippen molar-refractivity contribution in [3.63, 3.8) is 0 Å². The van der Waals surface area contributed by atoms with Gasteiger partial charge in [-0.3, -0.25) is 0 Å². The molecule has 2 heterocycles. The topological polar surface area (TPSA) is 82.6 Å². The van der Waals surface area contributed by atoms with E-state index in [9.17, 15) is 12.8 Å². The number of aryl methyl sites for hydroxylation is 1. The minimum Gasteiger partial charge on any atom is -0.324 e. The van der Waals surface area contributed by atoms with Crippen LogP contribution in [0, 0.1) is 6.92 Å². The zero-order valence-electron chi connectivity index (χ0n) is 12.7. The molecular weight excluding hydrogens is 343 g/mol. The van der Waals surface area contributed by atoms with Gasteiger partial charge in [0, 0.05) is 0 Å². The molecule has 0 aliphatic carbocycles. The molecule has 6 nitrogen and oxygen atoms in total. The molecule has 1 saturated heterocycles. The highest BCUT2D eigenvalue weighted by molar-refractivity contribution is 7.90. The van der Waals surface area contributed by atoms with Crippen LogP contribution in [0.2, 0.25) is 0 Å². The van der Waals surface area contributed by atoms with Crippen LogP contribution in [0.5, 0.6) is 0 Å². The predicted octanol–water partition coefficient (Wildman–Crippen LogP) is 1.57. The average molecular weight is 363 g/mol. The molecule has 0 unspecified atom stereocenters. The molecule has 0 amide bonds. The van der Waals surface area contributed by atoms with Crippen molar-refractivity contribution in [1.82, 2.24) is 10.0 Å². The number of hydrogen-bond acceptors (Lipinski definition) is 4. The number of piperidine rings is 1. The summed E-state index contributed by atoms with van der Waals surface area (Å²) in [6, 6.07) is 5.17. The Hall–Kier alpha value is -1.38. The molecule has 2 aliphatic heterocycles. The fourth-order valence-electron chi connectivity index (χ4n) is 2.76. The SMILES string of the molecule is Cc1cccc2c1S(=O)(=O)NC(=NCC1(F)CCNCC1)N2.Cl. The molecule has 2 aliphatic rings. The second-order valence-corrected chi connectivity index (χ2v) is 7.37. The second kappa shape index (κ2) is 6.62. The normalized spacial score (nSPS) is 23.1. The summed E-state index contributed by atoms with van der Waals surface area (Å²) in [5.41, 5.74) is -0.259. The first kappa shape index (κ1) is 18.0. The number of fused-ring (bicyclic) bond motifs is 1. The van der Waals surface area contributed by atoms with Gasteiger partial charge in [0.15, 0.2) is 0 Å². The lowest BCUT2D eigenvalue weighted by molar-refractivity contribution is 0.126. The molecule has 3 N–H and O–H groups in total. The van der Waals surface area contributed by atoms with E-state index in [0.29, 0.717) is 37.2 Å². The van der Waals surface area contributed by atoms with Gasteiger partial charge in [-0.15, -0.1) is 12.4 Å². The fourth-order valence-corrected chi connectivity index (χ4v) is 4.14. The number of anilines is 1. The van der Waals surface area contributed by atoms with E-state index in [4.69, 9.17) is 0 Å². The van der Waals surface area contributed by atoms with E-state index in [-0.39, 0.29) is 29.8 Å². The van der Waals surface area contributed by atoms with Crippen LogP contribution in [0.15, 0.2) is 28.1 Å². The minimum absolute atomic E-state index is 0. The van der Waals surface area contributed by atoms with Crippen LogP contribution in [0.1, 0.15) is 18.4 Å². The van der Waals surface area contributed by atoms with Crippen LogP contribution < -0.4 is 15.4 Å². The Kier molecular flexibility index (Phi) is 5.17. The summed E-state index contributed by atoms with van der Waals surface area (Å²) in [5.74, 6) is 0.0775. The van der Waals surface area contributed by atoms with Gasteiger partial charge in [0.25, 0.3) is 10.0 Å². The van der Waals surface area contributed by atoms with Gasteiger partial charge >= 0.3 is 0 Å². The van der Waals surface area contributed by atoms with Gasteiger partial charge in [-0.2, -0.15) is 0 Å². The van der Waals surface area contributed by atoms with E-state index in [1.54, 1.807) is 25.1 Å². The third-order valence-electron chi connectivity index (χ3n) is 3.98. The van der Waals surface area contributed by atoms with Crippen LogP contribution in [-0.2, 0) is 10.0 Å². The van der Waals surface area contributed by atoms with E-state index < -0.39 is 15.7 Å². The van der Waals surface area contributed by atoms with Gasteiger partial charge < -0.3 is 10.6 Å². The molecule has 0 saturated carbocycles. The number of aliphatic imine (C=N–C) groups is 1. The highest BCUT2D eigenvalue weighted by Crippen LogP contribution is 2.28. The highest BCUT2D eigenvalue weighted by atomic mass is 35.5. The van der Waals surface area contributed by atoms with Gasteiger partial charge in [-0.05, 0) is 44.5 Å². The third kappa shape index (κ3) is 3.76. The van der Waals surface area contributed by atoms with Crippen molar-refractivity contribution in [2.24, 2.45) is 4.99 Å². The van der Waals surface area contributed by atoms with E-state index in [2.05, 4.69) is 20.3 Å². The molecular formula is C14H20ClFN4O2S. The number of sulfonamides is 1. The standard InChI is InChI=1S/C14H19FN4O2S.ClH/c1-10-3-2-4-11-12(10)22(20,21)19-13(18-11)17-9-14(15)5-7-16-8-6-14;/h2-4,16H,5-9H2,1H3,(H2,17,18,19);1H. The number of halogens is 2. The Labute approximate surface area is 141 Å². The van der Waals surface area contributed by atoms with Crippen LogP contribution in [0.4, 0.5) is 10.1 Å². The number of nitrogens with one attached hydrogen (secondary N) is 3. The third-order valence-corrected chi connectivity index (χ3v) is 5.53. The molecule has 1 aromatic rings. The Morgan fingerprint density at radius 3 is 2.70 bits per heavy atom. The van der Waals surface area contributed by atoms with Crippen molar-refractivity contribution < 1.29 is 12.8 Å². The predicted molar refractivity (Wildman–Crippen MR) is 90.6 cm³/mol. The smallest absolute Gasteiger partial charge is 0.266 e. The number of alkyl halides is 1. The first-order chi connectivity index (χ1) is 10.4. The fraction of sp³-hybridized carbons (Fsp3) is 0.500. The van der Waals surface area contributed by atoms with Crippen LogP contribution in [0.3, 0.4) is 0 Å². The molecule has 1 aromatic carbocycles. The maximum Gasteiger partial charge on any atom is 0.266 e. The number of guanidine groups is 1. The summed E-state index contributed by atoms with van der Waals surface area (Å²) in [5, 5.41) is 6.02. The van der Waals surface area contributed by atoms with Gasteiger partial charge in [0.2, 0.25) is 5.96 Å². The molecule has 0 bridgehead atoms. The molecule has 0 aromatic heterocycles. The summed E-state index contributed by atoms with van der Waals surface area (Å²) in [6.07, 6.45) is 0.762. The minimum atomic E-state index is -3.67. The largest absolute Gasteiger partial charge is 0.324 e. The van der Waals surface area contributed by atoms with Crippen molar-refractivity contribution in [2.75, 3.05) is 25.0 Å². The molecule has 1 fully saturated rings. The van der Waals surface area contributed by atoms with Gasteiger partial charge in [-0.1, -0.05) is 12.1 Å². The summed E-state index contributed by atoms with van der Waals surface area (Å²) in [4.78, 5) is 4.33. The summed E-state index contributed by atoms with van der Waals surface area (Å²) in [6.45, 7) is 2.90. The monoisotopic (exact) mass is 362 g/mol. The number of benzene rings is 1. The van der Waals surface area contributed by atoms with Crippen LogP contribution in [0.25, 0.3) is 0 Å². The molecule has 0 atom stereocenters. The quantitative estimate of drug-likeness (QED) is 0.745. The first-order valence-corrected chi connectivity index (χ1v) is 8.72. The van der Waals surface area contributed by atoms with Gasteiger partial charge in [-0.25, -0.2) is 22.5 Å². The molecule has 0 radical (unpaired) electrons. The number of hydrogen-bond donors (Lipinski definition) is 3. The lowest BCUT2D eigenvalue weighted by Crippen LogP contribution is -2.44. The zero-order chi connectivity index (χ0) is 15.8. The number of nitrogens with zero attached hydrogens (tertiary/aromatic N) is 1. The van der Waals surface area contributed by atoms with E-state index in [1.165, 1.54) is 0 Å². The van der Waals surface area contributed by atoms with Crippen molar-refractivity contribution in [1.29, 1.82) is 0 Å². The van der Waals surface area contributed by atoms with Crippen molar-refractivity contribution in [3.8, 4) is 0 Å². The molecule has 3 rings (SSSR count). The maximum absolute atomic E-state index is 14.5. The molecule has 9 heteroatoms. The van der Waals surface area contributed by atoms with Crippen molar-refractivity contribution in [2.45, 2.75) is 30.3 Å². The van der Waals surface area contributed by atoms with Crippen LogP contribution in [-0.4, -0.2) is 39.7 Å². The first-order valence-electron chi connectivity index (χ1n) is 7.23. The summed E-state index contributed by atoms with van der Waals surface area (Å²) < 4.78 is 41.5. The Balaban J connectivity index is 0.00000192. The average Bonchev–Trinajstić information content (AvgIpc) is 2.45. The van der Waals surface area contributed by atoms with Crippen molar-refractivity contribution >= 4 is 34.1 Å². The summed E-state index contributed by atoms with van der Waals surface area (Å²) >= 11 is 0. The summed E-state index contributed by atoms with van der Waals surface area (Å²) in [7, 11) is -3.67. The lowest BCUT2D eigenvalue weighted by Gasteiger charge is -2.29. The zero-order valence-corrected chi connectivity index (χ0v) is 14.4. The second-order valence-electron chi connectivity index (χ2n) is 5.75. The highest BCUT2D eigenvalue weighted by Gasteiger charge is 2.33. The lowest BCUT2D eigenvalue weighted by atomic mass is 9.95. The molecule has 128 valence electrons. The van der Waals surface area contributed by atoms with E-state index in [1.807, 2.05) is 0 Å². The van der Waals surface area contributed by atoms with Crippen LogP contribution >= 0.6 is 12.4 Å². The Morgan fingerprint density at radius 1 is 1.30 bits per heavy atom. The van der Waals surface area contributed by atoms with Crippen molar-refractivity contribution in [3.05, 3.63) is 23.8 Å². The number of rotatable bonds is 2. The molecule has 0 spiro atoms. The van der Waals surface area contributed by atoms with E-state index >= 15 is 0 Å². The van der Waals surface area contributed by atoms with Gasteiger partial charge in [0.05, 0.1) is 12.2 Å². The maximum atomic E-state index is 14.5. The molecule has 23 heavy (non-hydrogen) atoms.